The van der Waals surface area contributed by atoms with Crippen molar-refractivity contribution in [3.8, 4) is 0 Å². The monoisotopic (exact) mass is 303 g/mol. The van der Waals surface area contributed by atoms with Gasteiger partial charge in [-0.15, -0.1) is 0 Å². The number of hydrogen-bond acceptors (Lipinski definition) is 5. The fourth-order valence-electron chi connectivity index (χ4n) is 1.94. The lowest BCUT2D eigenvalue weighted by molar-refractivity contribution is 0.123. The van der Waals surface area contributed by atoms with Crippen LogP contribution in [0.4, 0.5) is 0 Å². The van der Waals surface area contributed by atoms with Crippen LogP contribution in [0.5, 0.6) is 0 Å². The van der Waals surface area contributed by atoms with Gasteiger partial charge in [-0.05, 0) is 26.9 Å². The molecular formula is C13H26ClN5O. The highest BCUT2D eigenvalue weighted by atomic mass is 35.5. The van der Waals surface area contributed by atoms with Gasteiger partial charge in [-0.25, -0.2) is 0 Å². The number of hydrogen-bond donors (Lipinski definition) is 2. The summed E-state index contributed by atoms with van der Waals surface area (Å²) in [5.41, 5.74) is 3.74. The SMILES string of the molecule is CCCOCCC(NN)c1c(Cl)cnn1CCN(C)C. The first kappa shape index (κ1) is 17.4. The zero-order valence-corrected chi connectivity index (χ0v) is 13.4. The molecule has 116 valence electrons. The lowest BCUT2D eigenvalue weighted by Crippen LogP contribution is -2.32. The van der Waals surface area contributed by atoms with Gasteiger partial charge in [0, 0.05) is 19.8 Å². The lowest BCUT2D eigenvalue weighted by Gasteiger charge is -2.19. The van der Waals surface area contributed by atoms with E-state index in [2.05, 4.69) is 22.3 Å². The van der Waals surface area contributed by atoms with Crippen LogP contribution in [0.15, 0.2) is 6.20 Å². The van der Waals surface area contributed by atoms with E-state index >= 15 is 0 Å². The summed E-state index contributed by atoms with van der Waals surface area (Å²) in [6.07, 6.45) is 3.45. The van der Waals surface area contributed by atoms with Crippen LogP contribution < -0.4 is 11.3 Å². The molecule has 1 aromatic rings. The first-order valence-corrected chi connectivity index (χ1v) is 7.37. The van der Waals surface area contributed by atoms with Gasteiger partial charge in [-0.2, -0.15) is 5.10 Å². The maximum atomic E-state index is 6.24. The number of nitrogens with two attached hydrogens (primary N) is 1. The van der Waals surface area contributed by atoms with E-state index in [1.807, 2.05) is 18.8 Å². The van der Waals surface area contributed by atoms with Crippen LogP contribution in [0.25, 0.3) is 0 Å². The van der Waals surface area contributed by atoms with Crippen molar-refractivity contribution in [2.75, 3.05) is 33.9 Å². The minimum Gasteiger partial charge on any atom is -0.381 e. The molecular weight excluding hydrogens is 278 g/mol. The number of nitrogens with zero attached hydrogens (tertiary/aromatic N) is 3. The summed E-state index contributed by atoms with van der Waals surface area (Å²) in [6.45, 7) is 5.19. The molecule has 20 heavy (non-hydrogen) atoms. The first-order valence-electron chi connectivity index (χ1n) is 7.00. The van der Waals surface area contributed by atoms with Crippen LogP contribution in [0, 0.1) is 0 Å². The third-order valence-electron chi connectivity index (χ3n) is 3.02. The van der Waals surface area contributed by atoms with Crippen LogP contribution in [0.3, 0.4) is 0 Å². The Morgan fingerprint density at radius 2 is 2.25 bits per heavy atom. The van der Waals surface area contributed by atoms with Crippen LogP contribution in [-0.4, -0.2) is 48.5 Å². The maximum Gasteiger partial charge on any atom is 0.0834 e. The predicted molar refractivity (Wildman–Crippen MR) is 81.6 cm³/mol. The number of likely N-dealkylation sites (N-methyl/N-ethyl adjacent to an activating group) is 1. The van der Waals surface area contributed by atoms with Gasteiger partial charge < -0.3 is 9.64 Å². The molecule has 0 aromatic carbocycles. The fourth-order valence-corrected chi connectivity index (χ4v) is 2.21. The minimum atomic E-state index is -0.0518. The Labute approximate surface area is 126 Å². The van der Waals surface area contributed by atoms with Gasteiger partial charge in [0.15, 0.2) is 0 Å². The third-order valence-corrected chi connectivity index (χ3v) is 3.31. The summed E-state index contributed by atoms with van der Waals surface area (Å²) in [6, 6.07) is -0.0518. The molecule has 0 aliphatic rings. The maximum absolute atomic E-state index is 6.24. The molecule has 3 N–H and O–H groups in total. The molecule has 7 heteroatoms. The number of nitrogens with one attached hydrogen (secondary N) is 1. The van der Waals surface area contributed by atoms with Crippen molar-refractivity contribution in [2.24, 2.45) is 5.84 Å². The Bertz CT molecular complexity index is 383. The average Bonchev–Trinajstić information content (AvgIpc) is 2.78. The Balaban J connectivity index is 2.67. The summed E-state index contributed by atoms with van der Waals surface area (Å²) >= 11 is 6.24. The Morgan fingerprint density at radius 1 is 1.50 bits per heavy atom. The second-order valence-electron chi connectivity index (χ2n) is 5.02. The van der Waals surface area contributed by atoms with E-state index in [-0.39, 0.29) is 6.04 Å². The molecule has 0 aliphatic heterocycles. The van der Waals surface area contributed by atoms with Gasteiger partial charge in [0.1, 0.15) is 0 Å². The molecule has 0 aliphatic carbocycles. The third kappa shape index (κ3) is 5.38. The lowest BCUT2D eigenvalue weighted by atomic mass is 10.1. The van der Waals surface area contributed by atoms with Gasteiger partial charge >= 0.3 is 0 Å². The zero-order valence-electron chi connectivity index (χ0n) is 12.6. The average molecular weight is 304 g/mol. The standard InChI is InChI=1S/C13H26ClN5O/c1-4-8-20-9-5-12(17-15)13-11(14)10-16-19(13)7-6-18(2)3/h10,12,17H,4-9,15H2,1-3H3. The van der Waals surface area contributed by atoms with Gasteiger partial charge in [0.05, 0.1) is 29.5 Å². The molecule has 1 unspecified atom stereocenters. The highest BCUT2D eigenvalue weighted by molar-refractivity contribution is 6.31. The highest BCUT2D eigenvalue weighted by Crippen LogP contribution is 2.24. The Hall–Kier alpha value is -0.660. The predicted octanol–water partition coefficient (Wildman–Crippen LogP) is 1.42. The Kier molecular flexibility index (Phi) is 8.09. The van der Waals surface area contributed by atoms with E-state index in [0.717, 1.165) is 38.2 Å². The molecule has 1 rings (SSSR count). The first-order chi connectivity index (χ1) is 9.60. The van der Waals surface area contributed by atoms with Gasteiger partial charge in [0.2, 0.25) is 0 Å². The van der Waals surface area contributed by atoms with Crippen molar-refractivity contribution in [3.63, 3.8) is 0 Å². The van der Waals surface area contributed by atoms with Crippen molar-refractivity contribution >= 4 is 11.6 Å². The van der Waals surface area contributed by atoms with Crippen molar-refractivity contribution < 1.29 is 4.74 Å². The van der Waals surface area contributed by atoms with Crippen molar-refractivity contribution in [3.05, 3.63) is 16.9 Å². The topological polar surface area (TPSA) is 68.3 Å². The summed E-state index contributed by atoms with van der Waals surface area (Å²) < 4.78 is 7.42. The summed E-state index contributed by atoms with van der Waals surface area (Å²) in [4.78, 5) is 2.11. The van der Waals surface area contributed by atoms with Crippen LogP contribution in [0.1, 0.15) is 31.5 Å². The summed E-state index contributed by atoms with van der Waals surface area (Å²) in [7, 11) is 4.06. The number of hydrazine groups is 1. The normalized spacial score (nSPS) is 13.1. The largest absolute Gasteiger partial charge is 0.381 e. The van der Waals surface area contributed by atoms with E-state index in [4.69, 9.17) is 22.2 Å². The van der Waals surface area contributed by atoms with E-state index in [9.17, 15) is 0 Å². The van der Waals surface area contributed by atoms with E-state index in [0.29, 0.717) is 11.6 Å². The van der Waals surface area contributed by atoms with Gasteiger partial charge in [-0.3, -0.25) is 16.0 Å². The molecule has 1 heterocycles. The molecule has 0 saturated heterocycles. The van der Waals surface area contributed by atoms with Gasteiger partial charge in [-0.1, -0.05) is 18.5 Å². The molecule has 0 spiro atoms. The molecule has 0 bridgehead atoms. The summed E-state index contributed by atoms with van der Waals surface area (Å²) in [5, 5.41) is 4.96. The fraction of sp³-hybridized carbons (Fsp3) is 0.769. The Morgan fingerprint density at radius 3 is 2.85 bits per heavy atom. The van der Waals surface area contributed by atoms with Crippen molar-refractivity contribution in [1.29, 1.82) is 0 Å². The van der Waals surface area contributed by atoms with Crippen molar-refractivity contribution in [2.45, 2.75) is 32.4 Å². The number of aromatic nitrogens is 2. The quantitative estimate of drug-likeness (QED) is 0.389. The molecule has 1 atom stereocenters. The molecule has 0 fully saturated rings. The number of halogens is 1. The van der Waals surface area contributed by atoms with Crippen LogP contribution in [0.2, 0.25) is 5.02 Å². The second-order valence-corrected chi connectivity index (χ2v) is 5.43. The van der Waals surface area contributed by atoms with Gasteiger partial charge in [0.25, 0.3) is 0 Å². The second kappa shape index (κ2) is 9.31. The summed E-state index contributed by atoms with van der Waals surface area (Å²) in [5.74, 6) is 5.66. The molecule has 0 amide bonds. The smallest absolute Gasteiger partial charge is 0.0834 e. The van der Waals surface area contributed by atoms with Crippen molar-refractivity contribution in [1.82, 2.24) is 20.1 Å². The molecule has 6 nitrogen and oxygen atoms in total. The molecule has 0 saturated carbocycles. The van der Waals surface area contributed by atoms with Crippen LogP contribution in [-0.2, 0) is 11.3 Å². The van der Waals surface area contributed by atoms with Crippen LogP contribution >= 0.6 is 11.6 Å². The van der Waals surface area contributed by atoms with E-state index in [1.165, 1.54) is 0 Å². The number of ether oxygens (including phenoxy) is 1. The van der Waals surface area contributed by atoms with E-state index < -0.39 is 0 Å². The van der Waals surface area contributed by atoms with E-state index in [1.54, 1.807) is 6.20 Å². The number of rotatable bonds is 10. The molecule has 1 aromatic heterocycles. The molecule has 0 radical (unpaired) electrons. The minimum absolute atomic E-state index is 0.0518. The highest BCUT2D eigenvalue weighted by Gasteiger charge is 2.19. The zero-order chi connectivity index (χ0) is 15.0.